The molecule has 1 aromatic carbocycles. The molecule has 1 heterocycles. The summed E-state index contributed by atoms with van der Waals surface area (Å²) in [7, 11) is 0. The topological polar surface area (TPSA) is 64.3 Å². The van der Waals surface area contributed by atoms with Crippen LogP contribution in [-0.2, 0) is 11.3 Å². The lowest BCUT2D eigenvalue weighted by Gasteiger charge is -2.33. The van der Waals surface area contributed by atoms with Gasteiger partial charge in [-0.1, -0.05) is 12.5 Å². The van der Waals surface area contributed by atoms with Crippen LogP contribution in [0, 0.1) is 18.3 Å². The monoisotopic (exact) mass is 258 g/mol. The van der Waals surface area contributed by atoms with Gasteiger partial charge in [0.15, 0.2) is 0 Å². The second-order valence-corrected chi connectivity index (χ2v) is 5.07. The number of carbonyl (C=O) groups is 1. The van der Waals surface area contributed by atoms with E-state index in [4.69, 9.17) is 5.26 Å². The second-order valence-electron chi connectivity index (χ2n) is 5.07. The van der Waals surface area contributed by atoms with Gasteiger partial charge in [0.1, 0.15) is 6.04 Å². The van der Waals surface area contributed by atoms with E-state index in [1.54, 1.807) is 6.07 Å². The van der Waals surface area contributed by atoms with E-state index >= 15 is 0 Å². The number of nitriles is 1. The molecule has 1 saturated heterocycles. The Hall–Kier alpha value is -1.86. The minimum Gasteiger partial charge on any atom is -0.480 e. The van der Waals surface area contributed by atoms with Crippen LogP contribution in [0.1, 0.15) is 36.0 Å². The molecule has 1 unspecified atom stereocenters. The first-order chi connectivity index (χ1) is 9.11. The summed E-state index contributed by atoms with van der Waals surface area (Å²) in [5.74, 6) is -0.731. The molecule has 0 radical (unpaired) electrons. The second kappa shape index (κ2) is 5.85. The number of carboxylic acids is 1. The van der Waals surface area contributed by atoms with Crippen molar-refractivity contribution in [3.8, 4) is 6.07 Å². The molecular weight excluding hydrogens is 240 g/mol. The molecule has 19 heavy (non-hydrogen) atoms. The highest BCUT2D eigenvalue weighted by Gasteiger charge is 2.28. The first kappa shape index (κ1) is 13.6. The van der Waals surface area contributed by atoms with Gasteiger partial charge < -0.3 is 5.11 Å². The van der Waals surface area contributed by atoms with Crippen molar-refractivity contribution in [3.05, 3.63) is 34.9 Å². The lowest BCUT2D eigenvalue weighted by Crippen LogP contribution is -2.44. The van der Waals surface area contributed by atoms with Crippen molar-refractivity contribution >= 4 is 5.97 Å². The minimum atomic E-state index is -0.731. The summed E-state index contributed by atoms with van der Waals surface area (Å²) in [6.45, 7) is 3.45. The molecule has 0 amide bonds. The van der Waals surface area contributed by atoms with Crippen molar-refractivity contribution in [1.29, 1.82) is 5.26 Å². The van der Waals surface area contributed by atoms with Crippen LogP contribution in [0.5, 0.6) is 0 Å². The van der Waals surface area contributed by atoms with Crippen LogP contribution in [0.15, 0.2) is 18.2 Å². The summed E-state index contributed by atoms with van der Waals surface area (Å²) in [6.07, 6.45) is 2.77. The Kier molecular flexibility index (Phi) is 4.18. The minimum absolute atomic E-state index is 0.371. The van der Waals surface area contributed by atoms with E-state index in [0.717, 1.165) is 36.9 Å². The third-order valence-electron chi connectivity index (χ3n) is 3.74. The molecule has 0 aromatic heterocycles. The van der Waals surface area contributed by atoms with Gasteiger partial charge in [-0.05, 0) is 49.6 Å². The summed E-state index contributed by atoms with van der Waals surface area (Å²) < 4.78 is 0. The summed E-state index contributed by atoms with van der Waals surface area (Å²) >= 11 is 0. The van der Waals surface area contributed by atoms with Crippen LogP contribution in [0.2, 0.25) is 0 Å². The van der Waals surface area contributed by atoms with Gasteiger partial charge in [0.25, 0.3) is 0 Å². The van der Waals surface area contributed by atoms with Gasteiger partial charge >= 0.3 is 5.97 Å². The molecule has 100 valence electrons. The van der Waals surface area contributed by atoms with Crippen molar-refractivity contribution in [2.75, 3.05) is 6.54 Å². The molecular formula is C15H18N2O2. The normalized spacial score (nSPS) is 19.9. The highest BCUT2D eigenvalue weighted by molar-refractivity contribution is 5.73. The number of likely N-dealkylation sites (tertiary alicyclic amines) is 1. The fourth-order valence-electron chi connectivity index (χ4n) is 2.62. The SMILES string of the molecule is Cc1cc(C#N)ccc1CN1CCCCC1C(=O)O. The Morgan fingerprint density at radius 3 is 2.95 bits per heavy atom. The van der Waals surface area contributed by atoms with Crippen molar-refractivity contribution in [2.24, 2.45) is 0 Å². The molecule has 0 bridgehead atoms. The highest BCUT2D eigenvalue weighted by Crippen LogP contribution is 2.21. The standard InChI is InChI=1S/C15H18N2O2/c1-11-8-12(9-16)5-6-13(11)10-17-7-3-2-4-14(17)15(18)19/h5-6,8,14H,2-4,7,10H2,1H3,(H,18,19). The smallest absolute Gasteiger partial charge is 0.320 e. The first-order valence-corrected chi connectivity index (χ1v) is 6.58. The van der Waals surface area contributed by atoms with E-state index in [-0.39, 0.29) is 6.04 Å². The van der Waals surface area contributed by atoms with Crippen LogP contribution in [0.3, 0.4) is 0 Å². The maximum Gasteiger partial charge on any atom is 0.320 e. The van der Waals surface area contributed by atoms with Crippen molar-refractivity contribution < 1.29 is 9.90 Å². The third kappa shape index (κ3) is 3.12. The Morgan fingerprint density at radius 2 is 2.32 bits per heavy atom. The van der Waals surface area contributed by atoms with E-state index < -0.39 is 5.97 Å². The van der Waals surface area contributed by atoms with Gasteiger partial charge in [0.05, 0.1) is 11.6 Å². The fourth-order valence-corrected chi connectivity index (χ4v) is 2.62. The van der Waals surface area contributed by atoms with Crippen LogP contribution >= 0.6 is 0 Å². The van der Waals surface area contributed by atoms with Crippen LogP contribution in [0.25, 0.3) is 0 Å². The van der Waals surface area contributed by atoms with Gasteiger partial charge in [0, 0.05) is 6.54 Å². The average Bonchev–Trinajstić information content (AvgIpc) is 2.41. The molecule has 0 spiro atoms. The number of carboxylic acid groups (broad SMARTS) is 1. The number of aliphatic carboxylic acids is 1. The van der Waals surface area contributed by atoms with E-state index in [9.17, 15) is 9.90 Å². The fraction of sp³-hybridized carbons (Fsp3) is 0.467. The van der Waals surface area contributed by atoms with Crippen molar-refractivity contribution in [2.45, 2.75) is 38.8 Å². The molecule has 2 rings (SSSR count). The van der Waals surface area contributed by atoms with Crippen molar-refractivity contribution in [3.63, 3.8) is 0 Å². The maximum absolute atomic E-state index is 11.3. The van der Waals surface area contributed by atoms with Crippen LogP contribution < -0.4 is 0 Å². The summed E-state index contributed by atoms with van der Waals surface area (Å²) in [4.78, 5) is 13.3. The zero-order valence-electron chi connectivity index (χ0n) is 11.1. The zero-order chi connectivity index (χ0) is 13.8. The molecule has 4 nitrogen and oxygen atoms in total. The predicted octanol–water partition coefficient (Wildman–Crippen LogP) is 2.31. The largest absolute Gasteiger partial charge is 0.480 e. The number of hydrogen-bond donors (Lipinski definition) is 1. The lowest BCUT2D eigenvalue weighted by molar-refractivity contribution is -0.144. The molecule has 1 atom stereocenters. The maximum atomic E-state index is 11.3. The molecule has 1 N–H and O–H groups in total. The molecule has 1 fully saturated rings. The summed E-state index contributed by atoms with van der Waals surface area (Å²) in [5, 5.41) is 18.1. The Balaban J connectivity index is 2.15. The average molecular weight is 258 g/mol. The number of rotatable bonds is 3. The van der Waals surface area contributed by atoms with Crippen molar-refractivity contribution in [1.82, 2.24) is 4.90 Å². The van der Waals surface area contributed by atoms with Gasteiger partial charge in [-0.2, -0.15) is 5.26 Å². The van der Waals surface area contributed by atoms with Gasteiger partial charge in [-0.25, -0.2) is 0 Å². The van der Waals surface area contributed by atoms with Crippen LogP contribution in [-0.4, -0.2) is 28.6 Å². The number of nitrogens with zero attached hydrogens (tertiary/aromatic N) is 2. The van der Waals surface area contributed by atoms with Gasteiger partial charge in [0.2, 0.25) is 0 Å². The molecule has 1 aliphatic rings. The molecule has 1 aliphatic heterocycles. The molecule has 0 aliphatic carbocycles. The quantitative estimate of drug-likeness (QED) is 0.903. The van der Waals surface area contributed by atoms with E-state index in [1.807, 2.05) is 24.0 Å². The van der Waals surface area contributed by atoms with E-state index in [2.05, 4.69) is 6.07 Å². The highest BCUT2D eigenvalue weighted by atomic mass is 16.4. The Morgan fingerprint density at radius 1 is 1.53 bits per heavy atom. The summed E-state index contributed by atoms with van der Waals surface area (Å²) in [6, 6.07) is 7.33. The molecule has 0 saturated carbocycles. The number of piperidine rings is 1. The number of aryl methyl sites for hydroxylation is 1. The molecule has 4 heteroatoms. The summed E-state index contributed by atoms with van der Waals surface area (Å²) in [5.41, 5.74) is 2.80. The Bertz CT molecular complexity index is 519. The van der Waals surface area contributed by atoms with E-state index in [1.165, 1.54) is 0 Å². The predicted molar refractivity (Wildman–Crippen MR) is 71.6 cm³/mol. The molecule has 1 aromatic rings. The first-order valence-electron chi connectivity index (χ1n) is 6.58. The number of hydrogen-bond acceptors (Lipinski definition) is 3. The Labute approximate surface area is 113 Å². The van der Waals surface area contributed by atoms with Crippen LogP contribution in [0.4, 0.5) is 0 Å². The van der Waals surface area contributed by atoms with Gasteiger partial charge in [-0.3, -0.25) is 9.69 Å². The number of benzene rings is 1. The van der Waals surface area contributed by atoms with Gasteiger partial charge in [-0.15, -0.1) is 0 Å². The van der Waals surface area contributed by atoms with E-state index in [0.29, 0.717) is 12.1 Å². The lowest BCUT2D eigenvalue weighted by atomic mass is 9.99. The third-order valence-corrected chi connectivity index (χ3v) is 3.74. The zero-order valence-corrected chi connectivity index (χ0v) is 11.1.